The lowest BCUT2D eigenvalue weighted by Gasteiger charge is -2.25. The number of rotatable bonds is 8. The minimum absolute atomic E-state index is 0.0377. The van der Waals surface area contributed by atoms with Gasteiger partial charge in [-0.15, -0.1) is 0 Å². The SMILES string of the molecule is COc1ccc(OC)c(C=CC2=NN(c3ccccc3)C(c3cc(OC)ccc3OC)C2)c1. The van der Waals surface area contributed by atoms with Crippen LogP contribution in [0.4, 0.5) is 5.69 Å². The Labute approximate surface area is 194 Å². The topological polar surface area (TPSA) is 52.5 Å². The zero-order valence-corrected chi connectivity index (χ0v) is 19.3. The molecule has 0 saturated heterocycles. The molecule has 3 aromatic rings. The van der Waals surface area contributed by atoms with Gasteiger partial charge in [-0.25, -0.2) is 0 Å². The van der Waals surface area contributed by atoms with Crippen LogP contribution in [-0.4, -0.2) is 34.2 Å². The summed E-state index contributed by atoms with van der Waals surface area (Å²) in [6.45, 7) is 0. The molecule has 4 rings (SSSR count). The van der Waals surface area contributed by atoms with E-state index in [-0.39, 0.29) is 6.04 Å². The fourth-order valence-corrected chi connectivity index (χ4v) is 3.95. The highest BCUT2D eigenvalue weighted by molar-refractivity contribution is 6.01. The molecule has 0 fully saturated rings. The van der Waals surface area contributed by atoms with Crippen molar-refractivity contribution in [2.45, 2.75) is 12.5 Å². The van der Waals surface area contributed by atoms with Gasteiger partial charge >= 0.3 is 0 Å². The standard InChI is InChI=1S/C27H28N2O4/c1-30-22-12-14-26(32-3)19(16-22)10-11-20-17-25(29(28-20)21-8-6-5-7-9-21)24-18-23(31-2)13-15-27(24)33-4/h5-16,18,25H,17H2,1-4H3. The second-order valence-corrected chi connectivity index (χ2v) is 7.54. The molecular weight excluding hydrogens is 416 g/mol. The average molecular weight is 445 g/mol. The molecule has 3 aromatic carbocycles. The van der Waals surface area contributed by atoms with Gasteiger partial charge < -0.3 is 18.9 Å². The number of hydrogen-bond acceptors (Lipinski definition) is 6. The second-order valence-electron chi connectivity index (χ2n) is 7.54. The Kier molecular flexibility index (Phi) is 6.83. The van der Waals surface area contributed by atoms with Gasteiger partial charge in [-0.05, 0) is 60.7 Å². The number of nitrogens with zero attached hydrogens (tertiary/aromatic N) is 2. The maximum absolute atomic E-state index is 5.68. The molecule has 1 heterocycles. The molecule has 0 bridgehead atoms. The van der Waals surface area contributed by atoms with Gasteiger partial charge in [0.15, 0.2) is 0 Å². The van der Waals surface area contributed by atoms with Gasteiger partial charge in [-0.2, -0.15) is 5.10 Å². The monoisotopic (exact) mass is 444 g/mol. The Morgan fingerprint density at radius 2 is 1.42 bits per heavy atom. The number of allylic oxidation sites excluding steroid dienone is 1. The largest absolute Gasteiger partial charge is 0.497 e. The fourth-order valence-electron chi connectivity index (χ4n) is 3.95. The van der Waals surface area contributed by atoms with Crippen molar-refractivity contribution in [2.75, 3.05) is 33.4 Å². The number of anilines is 1. The van der Waals surface area contributed by atoms with Crippen molar-refractivity contribution < 1.29 is 18.9 Å². The molecule has 6 nitrogen and oxygen atoms in total. The molecule has 1 aliphatic heterocycles. The smallest absolute Gasteiger partial charge is 0.126 e. The first-order valence-electron chi connectivity index (χ1n) is 10.7. The van der Waals surface area contributed by atoms with Crippen molar-refractivity contribution in [2.24, 2.45) is 5.10 Å². The van der Waals surface area contributed by atoms with E-state index in [1.807, 2.05) is 71.8 Å². The van der Waals surface area contributed by atoms with Crippen molar-refractivity contribution >= 4 is 17.5 Å². The van der Waals surface area contributed by atoms with E-state index in [1.54, 1.807) is 28.4 Å². The molecule has 0 aliphatic carbocycles. The Morgan fingerprint density at radius 1 is 0.758 bits per heavy atom. The molecule has 33 heavy (non-hydrogen) atoms. The third kappa shape index (κ3) is 4.80. The first kappa shape index (κ1) is 22.3. The predicted molar refractivity (Wildman–Crippen MR) is 132 cm³/mol. The molecule has 6 heteroatoms. The van der Waals surface area contributed by atoms with Crippen molar-refractivity contribution in [3.05, 3.63) is 83.9 Å². The number of para-hydroxylation sites is 1. The first-order valence-corrected chi connectivity index (χ1v) is 10.7. The van der Waals surface area contributed by atoms with E-state index in [0.29, 0.717) is 6.42 Å². The van der Waals surface area contributed by atoms with Gasteiger partial charge in [0.1, 0.15) is 23.0 Å². The van der Waals surface area contributed by atoms with Crippen LogP contribution in [-0.2, 0) is 0 Å². The molecule has 0 saturated carbocycles. The lowest BCUT2D eigenvalue weighted by molar-refractivity contribution is 0.395. The zero-order valence-electron chi connectivity index (χ0n) is 19.3. The van der Waals surface area contributed by atoms with Gasteiger partial charge in [0, 0.05) is 17.5 Å². The highest BCUT2D eigenvalue weighted by atomic mass is 16.5. The number of hydrogen-bond donors (Lipinski definition) is 0. The molecule has 170 valence electrons. The number of methoxy groups -OCH3 is 4. The van der Waals surface area contributed by atoms with Crippen LogP contribution in [0.25, 0.3) is 6.08 Å². The minimum atomic E-state index is -0.0377. The third-order valence-corrected chi connectivity index (χ3v) is 5.64. The molecule has 0 spiro atoms. The zero-order chi connectivity index (χ0) is 23.2. The van der Waals surface area contributed by atoms with Gasteiger partial charge in [0.25, 0.3) is 0 Å². The molecular formula is C27H28N2O4. The van der Waals surface area contributed by atoms with Crippen LogP contribution in [0.3, 0.4) is 0 Å². The van der Waals surface area contributed by atoms with Crippen LogP contribution in [0.5, 0.6) is 23.0 Å². The van der Waals surface area contributed by atoms with Gasteiger partial charge in [-0.3, -0.25) is 5.01 Å². The Hall–Kier alpha value is -3.93. The lowest BCUT2D eigenvalue weighted by Crippen LogP contribution is -2.19. The quantitative estimate of drug-likeness (QED) is 0.443. The third-order valence-electron chi connectivity index (χ3n) is 5.64. The molecule has 1 unspecified atom stereocenters. The van der Waals surface area contributed by atoms with Gasteiger partial charge in [0.05, 0.1) is 45.9 Å². The van der Waals surface area contributed by atoms with E-state index in [0.717, 1.165) is 45.5 Å². The summed E-state index contributed by atoms with van der Waals surface area (Å²) in [6.07, 6.45) is 4.75. The van der Waals surface area contributed by atoms with E-state index < -0.39 is 0 Å². The average Bonchev–Trinajstić information content (AvgIpc) is 3.31. The molecule has 0 aromatic heterocycles. The van der Waals surface area contributed by atoms with Gasteiger partial charge in [-0.1, -0.05) is 18.2 Å². The molecule has 1 atom stereocenters. The summed E-state index contributed by atoms with van der Waals surface area (Å²) in [5.41, 5.74) is 3.90. The summed E-state index contributed by atoms with van der Waals surface area (Å²) >= 11 is 0. The Balaban J connectivity index is 1.71. The first-order chi connectivity index (χ1) is 16.2. The fraction of sp³-hybridized carbons (Fsp3) is 0.222. The number of benzene rings is 3. The van der Waals surface area contributed by atoms with Crippen molar-refractivity contribution in [3.8, 4) is 23.0 Å². The van der Waals surface area contributed by atoms with Crippen LogP contribution in [0.1, 0.15) is 23.6 Å². The van der Waals surface area contributed by atoms with Crippen LogP contribution in [0.2, 0.25) is 0 Å². The van der Waals surface area contributed by atoms with Crippen molar-refractivity contribution in [3.63, 3.8) is 0 Å². The summed E-state index contributed by atoms with van der Waals surface area (Å²) in [7, 11) is 6.67. The predicted octanol–water partition coefficient (Wildman–Crippen LogP) is 5.74. The van der Waals surface area contributed by atoms with E-state index in [2.05, 4.69) is 12.1 Å². The Bertz CT molecular complexity index is 1160. The van der Waals surface area contributed by atoms with Crippen LogP contribution < -0.4 is 24.0 Å². The summed E-state index contributed by atoms with van der Waals surface area (Å²) < 4.78 is 22.0. The summed E-state index contributed by atoms with van der Waals surface area (Å²) in [4.78, 5) is 0. The lowest BCUT2D eigenvalue weighted by atomic mass is 9.99. The van der Waals surface area contributed by atoms with Crippen LogP contribution >= 0.6 is 0 Å². The molecule has 0 radical (unpaired) electrons. The molecule has 0 amide bonds. The van der Waals surface area contributed by atoms with Crippen molar-refractivity contribution in [1.29, 1.82) is 0 Å². The number of hydrazone groups is 1. The van der Waals surface area contributed by atoms with Crippen LogP contribution in [0, 0.1) is 0 Å². The van der Waals surface area contributed by atoms with E-state index in [9.17, 15) is 0 Å². The van der Waals surface area contributed by atoms with E-state index >= 15 is 0 Å². The highest BCUT2D eigenvalue weighted by Crippen LogP contribution is 2.41. The molecule has 1 aliphatic rings. The van der Waals surface area contributed by atoms with Crippen LogP contribution in [0.15, 0.2) is 77.9 Å². The second kappa shape index (κ2) is 10.1. The summed E-state index contributed by atoms with van der Waals surface area (Å²) in [5, 5.41) is 7.00. The van der Waals surface area contributed by atoms with E-state index in [4.69, 9.17) is 24.0 Å². The maximum atomic E-state index is 5.68. The van der Waals surface area contributed by atoms with E-state index in [1.165, 1.54) is 0 Å². The molecule has 0 N–H and O–H groups in total. The Morgan fingerprint density at radius 3 is 2.09 bits per heavy atom. The normalized spacial score (nSPS) is 15.5. The number of ether oxygens (including phenoxy) is 4. The summed E-state index contributed by atoms with van der Waals surface area (Å²) in [5.74, 6) is 3.13. The highest BCUT2D eigenvalue weighted by Gasteiger charge is 2.31. The van der Waals surface area contributed by atoms with Crippen molar-refractivity contribution in [1.82, 2.24) is 0 Å². The minimum Gasteiger partial charge on any atom is -0.497 e. The maximum Gasteiger partial charge on any atom is 0.126 e. The van der Waals surface area contributed by atoms with Gasteiger partial charge in [0.2, 0.25) is 0 Å². The summed E-state index contributed by atoms with van der Waals surface area (Å²) in [6, 6.07) is 21.7.